The monoisotopic (exact) mass is 322 g/mol. The van der Waals surface area contributed by atoms with Gasteiger partial charge in [-0.3, -0.25) is 4.40 Å². The fourth-order valence-corrected chi connectivity index (χ4v) is 2.64. The molecule has 0 unspecified atom stereocenters. The predicted molar refractivity (Wildman–Crippen MR) is 71.3 cm³/mol. The maximum absolute atomic E-state index is 5.57. The summed E-state index contributed by atoms with van der Waals surface area (Å²) in [6.45, 7) is 0. The highest BCUT2D eigenvalue weighted by molar-refractivity contribution is 9.10. The number of hydrogen-bond donors (Lipinski definition) is 1. The Bertz CT molecular complexity index is 712. The number of aromatic nitrogens is 5. The zero-order chi connectivity index (χ0) is 12.5. The molecule has 90 valence electrons. The van der Waals surface area contributed by atoms with E-state index in [1.807, 2.05) is 28.8 Å². The molecule has 18 heavy (non-hydrogen) atoms. The molecule has 0 saturated carbocycles. The quantitative estimate of drug-likeness (QED) is 0.727. The van der Waals surface area contributed by atoms with Gasteiger partial charge >= 0.3 is 0 Å². The Kier molecular flexibility index (Phi) is 2.88. The zero-order valence-electron chi connectivity index (χ0n) is 8.99. The molecule has 2 N–H and O–H groups in total. The smallest absolute Gasteiger partial charge is 0.221 e. The Labute approximate surface area is 115 Å². The summed E-state index contributed by atoms with van der Waals surface area (Å²) in [4.78, 5) is 8.05. The van der Waals surface area contributed by atoms with Gasteiger partial charge in [0.05, 0.1) is 4.47 Å². The lowest BCUT2D eigenvalue weighted by Gasteiger charge is -2.02. The second-order valence-electron chi connectivity index (χ2n) is 3.39. The van der Waals surface area contributed by atoms with Crippen LogP contribution in [-0.2, 0) is 0 Å². The van der Waals surface area contributed by atoms with Crippen molar-refractivity contribution in [3.05, 3.63) is 35.1 Å². The summed E-state index contributed by atoms with van der Waals surface area (Å²) in [6, 6.07) is 5.72. The normalized spacial score (nSPS) is 10.9. The minimum absolute atomic E-state index is 0.231. The Morgan fingerprint density at radius 1 is 1.28 bits per heavy atom. The van der Waals surface area contributed by atoms with Crippen molar-refractivity contribution >= 4 is 39.3 Å². The van der Waals surface area contributed by atoms with Crippen LogP contribution >= 0.6 is 27.7 Å². The van der Waals surface area contributed by atoms with Crippen molar-refractivity contribution in [3.8, 4) is 0 Å². The molecular weight excluding hydrogens is 316 g/mol. The molecule has 3 rings (SSSR count). The molecule has 0 aliphatic rings. The second kappa shape index (κ2) is 4.54. The summed E-state index contributed by atoms with van der Waals surface area (Å²) in [5, 5.41) is 9.62. The highest BCUT2D eigenvalue weighted by Crippen LogP contribution is 2.30. The van der Waals surface area contributed by atoms with Crippen LogP contribution in [0.4, 0.5) is 5.95 Å². The molecular formula is C10H7BrN6S. The third-order valence-corrected chi connectivity index (χ3v) is 4.01. The van der Waals surface area contributed by atoms with Gasteiger partial charge in [0, 0.05) is 12.4 Å². The van der Waals surface area contributed by atoms with Gasteiger partial charge < -0.3 is 5.73 Å². The van der Waals surface area contributed by atoms with Crippen LogP contribution in [-0.4, -0.2) is 24.6 Å². The van der Waals surface area contributed by atoms with Crippen molar-refractivity contribution in [2.24, 2.45) is 0 Å². The van der Waals surface area contributed by atoms with Gasteiger partial charge in [0.25, 0.3) is 0 Å². The first-order chi connectivity index (χ1) is 8.74. The molecule has 3 aromatic rings. The summed E-state index contributed by atoms with van der Waals surface area (Å²) in [5.74, 6) is 0.231. The van der Waals surface area contributed by atoms with Crippen molar-refractivity contribution in [3.63, 3.8) is 0 Å². The van der Waals surface area contributed by atoms with E-state index in [1.54, 1.807) is 6.20 Å². The molecule has 8 heteroatoms. The van der Waals surface area contributed by atoms with Gasteiger partial charge in [-0.15, -0.1) is 10.2 Å². The Morgan fingerprint density at radius 3 is 3.06 bits per heavy atom. The van der Waals surface area contributed by atoms with Crippen LogP contribution in [0.2, 0.25) is 0 Å². The van der Waals surface area contributed by atoms with Crippen LogP contribution in [0.1, 0.15) is 0 Å². The standard InChI is InChI=1S/C10H7BrN6S/c11-6-5-13-9(12)14-8(6)18-10-16-15-7-3-1-2-4-17(7)10/h1-5H,(H2,12,13,14). The molecule has 6 nitrogen and oxygen atoms in total. The van der Waals surface area contributed by atoms with Crippen molar-refractivity contribution in [1.29, 1.82) is 0 Å². The highest BCUT2D eigenvalue weighted by atomic mass is 79.9. The molecule has 0 radical (unpaired) electrons. The Balaban J connectivity index is 2.04. The van der Waals surface area contributed by atoms with Crippen LogP contribution in [0.15, 0.2) is 45.2 Å². The van der Waals surface area contributed by atoms with Gasteiger partial charge in [-0.05, 0) is 39.8 Å². The number of nitrogen functional groups attached to an aromatic ring is 1. The van der Waals surface area contributed by atoms with E-state index < -0.39 is 0 Å². The number of nitrogens with zero attached hydrogens (tertiary/aromatic N) is 5. The maximum Gasteiger partial charge on any atom is 0.221 e. The van der Waals surface area contributed by atoms with E-state index in [1.165, 1.54) is 11.8 Å². The van der Waals surface area contributed by atoms with Crippen LogP contribution in [0, 0.1) is 0 Å². The van der Waals surface area contributed by atoms with E-state index in [0.29, 0.717) is 5.03 Å². The number of pyridine rings is 1. The first-order valence-corrected chi connectivity index (χ1v) is 6.60. The molecule has 0 fully saturated rings. The Hall–Kier alpha value is -1.67. The van der Waals surface area contributed by atoms with Crippen LogP contribution in [0.3, 0.4) is 0 Å². The molecule has 0 spiro atoms. The van der Waals surface area contributed by atoms with E-state index in [-0.39, 0.29) is 5.95 Å². The average molecular weight is 323 g/mol. The van der Waals surface area contributed by atoms with Crippen LogP contribution in [0.25, 0.3) is 5.65 Å². The van der Waals surface area contributed by atoms with Crippen molar-refractivity contribution in [1.82, 2.24) is 24.6 Å². The van der Waals surface area contributed by atoms with Gasteiger partial charge in [0.15, 0.2) is 5.65 Å². The molecule has 0 amide bonds. The molecule has 0 aliphatic carbocycles. The van der Waals surface area contributed by atoms with Crippen LogP contribution < -0.4 is 5.73 Å². The maximum atomic E-state index is 5.57. The summed E-state index contributed by atoms with van der Waals surface area (Å²) in [7, 11) is 0. The van der Waals surface area contributed by atoms with E-state index in [0.717, 1.165) is 15.3 Å². The van der Waals surface area contributed by atoms with E-state index >= 15 is 0 Å². The third-order valence-electron chi connectivity index (χ3n) is 2.20. The SMILES string of the molecule is Nc1ncc(Br)c(Sc2nnc3ccccn23)n1. The Morgan fingerprint density at radius 2 is 2.17 bits per heavy atom. The number of fused-ring (bicyclic) bond motifs is 1. The number of nitrogens with two attached hydrogens (primary N) is 1. The summed E-state index contributed by atoms with van der Waals surface area (Å²) >= 11 is 4.76. The molecule has 3 heterocycles. The predicted octanol–water partition coefficient (Wildman–Crippen LogP) is 2.02. The fraction of sp³-hybridized carbons (Fsp3) is 0. The highest BCUT2D eigenvalue weighted by Gasteiger charge is 2.11. The largest absolute Gasteiger partial charge is 0.368 e. The first-order valence-electron chi connectivity index (χ1n) is 4.99. The molecule has 3 aromatic heterocycles. The van der Waals surface area contributed by atoms with Gasteiger partial charge in [-0.2, -0.15) is 0 Å². The summed E-state index contributed by atoms with van der Waals surface area (Å²) in [5.41, 5.74) is 6.36. The molecule has 0 saturated heterocycles. The number of halogens is 1. The van der Waals surface area contributed by atoms with Crippen molar-refractivity contribution in [2.45, 2.75) is 10.2 Å². The molecule has 0 bridgehead atoms. The van der Waals surface area contributed by atoms with Gasteiger partial charge in [-0.1, -0.05) is 6.07 Å². The summed E-state index contributed by atoms with van der Waals surface area (Å²) < 4.78 is 2.66. The molecule has 0 atom stereocenters. The lowest BCUT2D eigenvalue weighted by Crippen LogP contribution is -1.96. The second-order valence-corrected chi connectivity index (χ2v) is 5.21. The van der Waals surface area contributed by atoms with Crippen molar-refractivity contribution < 1.29 is 0 Å². The number of rotatable bonds is 2. The lowest BCUT2D eigenvalue weighted by molar-refractivity contribution is 0.914. The van der Waals surface area contributed by atoms with Crippen molar-refractivity contribution in [2.75, 3.05) is 5.73 Å². The molecule has 0 aliphatic heterocycles. The fourth-order valence-electron chi connectivity index (χ4n) is 1.41. The van der Waals surface area contributed by atoms with E-state index in [9.17, 15) is 0 Å². The van der Waals surface area contributed by atoms with Gasteiger partial charge in [-0.25, -0.2) is 9.97 Å². The third kappa shape index (κ3) is 2.04. The average Bonchev–Trinajstić information content (AvgIpc) is 2.78. The molecule has 0 aromatic carbocycles. The first kappa shape index (κ1) is 11.4. The van der Waals surface area contributed by atoms with Gasteiger partial charge in [0.2, 0.25) is 11.1 Å². The van der Waals surface area contributed by atoms with Crippen LogP contribution in [0.5, 0.6) is 0 Å². The number of hydrogen-bond acceptors (Lipinski definition) is 6. The van der Waals surface area contributed by atoms with Gasteiger partial charge in [0.1, 0.15) is 5.03 Å². The minimum Gasteiger partial charge on any atom is -0.368 e. The number of anilines is 1. The van der Waals surface area contributed by atoms with E-state index in [2.05, 4.69) is 36.1 Å². The minimum atomic E-state index is 0.231. The summed E-state index contributed by atoms with van der Waals surface area (Å²) in [6.07, 6.45) is 3.52. The lowest BCUT2D eigenvalue weighted by atomic mass is 10.5. The topological polar surface area (TPSA) is 82.0 Å². The van der Waals surface area contributed by atoms with E-state index in [4.69, 9.17) is 5.73 Å². The zero-order valence-corrected chi connectivity index (χ0v) is 11.4.